The van der Waals surface area contributed by atoms with Crippen LogP contribution < -0.4 is 10.5 Å². The highest BCUT2D eigenvalue weighted by molar-refractivity contribution is 6.07. The van der Waals surface area contributed by atoms with E-state index in [-0.39, 0.29) is 18.0 Å². The third kappa shape index (κ3) is 3.95. The summed E-state index contributed by atoms with van der Waals surface area (Å²) in [6, 6.07) is 16.7. The number of carbonyl (C=O) groups excluding carboxylic acids is 1. The second kappa shape index (κ2) is 6.52. The van der Waals surface area contributed by atoms with Gasteiger partial charge in [-0.05, 0) is 17.7 Å². The largest absolute Gasteiger partial charge is 0.489 e. The number of Topliss-reactive ketones (excluding diaryl/α,β-unsaturated/α-hetero) is 1. The minimum absolute atomic E-state index is 0.0673. The topological polar surface area (TPSA) is 76.2 Å². The van der Waals surface area contributed by atoms with Crippen molar-refractivity contribution in [2.24, 2.45) is 5.73 Å². The van der Waals surface area contributed by atoms with Crippen LogP contribution in [-0.4, -0.2) is 11.6 Å². The number of carbonyl (C=O) groups is 1. The van der Waals surface area contributed by atoms with Gasteiger partial charge in [-0.3, -0.25) is 10.2 Å². The van der Waals surface area contributed by atoms with Gasteiger partial charge in [0.1, 0.15) is 12.4 Å². The number of hydrogen-bond donors (Lipinski definition) is 2. The molecular weight excluding hydrogens is 252 g/mol. The number of ketones is 1. The fourth-order valence-corrected chi connectivity index (χ4v) is 1.78. The van der Waals surface area contributed by atoms with E-state index in [1.165, 1.54) is 0 Å². The summed E-state index contributed by atoms with van der Waals surface area (Å²) in [6.45, 7) is 0.450. The molecule has 4 heteroatoms. The molecule has 102 valence electrons. The first-order valence-corrected chi connectivity index (χ1v) is 6.28. The van der Waals surface area contributed by atoms with Crippen LogP contribution in [0.15, 0.2) is 54.6 Å². The lowest BCUT2D eigenvalue weighted by atomic mass is 10.1. The van der Waals surface area contributed by atoms with Crippen molar-refractivity contribution in [1.82, 2.24) is 0 Å². The van der Waals surface area contributed by atoms with E-state index in [2.05, 4.69) is 0 Å². The molecule has 4 nitrogen and oxygen atoms in total. The Morgan fingerprint density at radius 2 is 1.85 bits per heavy atom. The smallest absolute Gasteiger partial charge is 0.170 e. The molecular formula is C16H16N2O2. The number of rotatable bonds is 6. The van der Waals surface area contributed by atoms with E-state index in [1.54, 1.807) is 24.3 Å². The van der Waals surface area contributed by atoms with Crippen LogP contribution in [0.5, 0.6) is 5.75 Å². The predicted octanol–water partition coefficient (Wildman–Crippen LogP) is 2.77. The van der Waals surface area contributed by atoms with Gasteiger partial charge in [-0.25, -0.2) is 0 Å². The number of ether oxygens (including phenoxy) is 1. The van der Waals surface area contributed by atoms with Crippen molar-refractivity contribution in [3.05, 3.63) is 65.7 Å². The quantitative estimate of drug-likeness (QED) is 0.480. The van der Waals surface area contributed by atoms with Gasteiger partial charge in [0.25, 0.3) is 0 Å². The van der Waals surface area contributed by atoms with Crippen LogP contribution in [0.2, 0.25) is 0 Å². The molecule has 20 heavy (non-hydrogen) atoms. The van der Waals surface area contributed by atoms with Crippen molar-refractivity contribution in [3.63, 3.8) is 0 Å². The molecule has 0 fully saturated rings. The minimum atomic E-state index is -0.178. The molecule has 0 atom stereocenters. The van der Waals surface area contributed by atoms with Gasteiger partial charge in [-0.15, -0.1) is 0 Å². The number of nitrogens with two attached hydrogens (primary N) is 1. The lowest BCUT2D eigenvalue weighted by molar-refractivity contribution is 0.1000. The second-order valence-corrected chi connectivity index (χ2v) is 4.43. The number of hydrogen-bond acceptors (Lipinski definition) is 3. The summed E-state index contributed by atoms with van der Waals surface area (Å²) in [5, 5.41) is 7.15. The predicted molar refractivity (Wildman–Crippen MR) is 78.1 cm³/mol. The highest BCUT2D eigenvalue weighted by atomic mass is 16.5. The molecule has 0 aromatic heterocycles. The standard InChI is InChI=1S/C16H16N2O2/c17-16(18)10-15(19)13-7-4-8-14(9-13)20-11-12-5-2-1-3-6-12/h1-9H,10-11H2,(H3,17,18). The van der Waals surface area contributed by atoms with Crippen molar-refractivity contribution in [2.45, 2.75) is 13.0 Å². The molecule has 2 rings (SSSR count). The Hall–Kier alpha value is -2.62. The molecule has 0 saturated heterocycles. The van der Waals surface area contributed by atoms with Crippen LogP contribution in [0, 0.1) is 5.41 Å². The van der Waals surface area contributed by atoms with E-state index >= 15 is 0 Å². The van der Waals surface area contributed by atoms with E-state index in [9.17, 15) is 4.79 Å². The van der Waals surface area contributed by atoms with E-state index in [0.717, 1.165) is 5.56 Å². The fourth-order valence-electron chi connectivity index (χ4n) is 1.78. The van der Waals surface area contributed by atoms with Crippen LogP contribution in [0.25, 0.3) is 0 Å². The van der Waals surface area contributed by atoms with Crippen LogP contribution >= 0.6 is 0 Å². The Morgan fingerprint density at radius 3 is 2.55 bits per heavy atom. The summed E-state index contributed by atoms with van der Waals surface area (Å²) in [6.07, 6.45) is -0.0673. The van der Waals surface area contributed by atoms with Gasteiger partial charge in [-0.2, -0.15) is 0 Å². The van der Waals surface area contributed by atoms with E-state index in [4.69, 9.17) is 15.9 Å². The summed E-state index contributed by atoms with van der Waals surface area (Å²) in [4.78, 5) is 11.8. The number of nitrogens with one attached hydrogen (secondary N) is 1. The van der Waals surface area contributed by atoms with Gasteiger partial charge in [0.2, 0.25) is 0 Å². The lowest BCUT2D eigenvalue weighted by Gasteiger charge is -2.07. The molecule has 2 aromatic rings. The maximum atomic E-state index is 11.8. The van der Waals surface area contributed by atoms with Crippen molar-refractivity contribution in [1.29, 1.82) is 5.41 Å². The summed E-state index contributed by atoms with van der Waals surface area (Å²) in [5.74, 6) is 0.316. The highest BCUT2D eigenvalue weighted by Gasteiger charge is 2.08. The third-order valence-corrected chi connectivity index (χ3v) is 2.76. The molecule has 0 spiro atoms. The summed E-state index contributed by atoms with van der Waals surface area (Å²) < 4.78 is 5.65. The second-order valence-electron chi connectivity index (χ2n) is 4.43. The van der Waals surface area contributed by atoms with Crippen molar-refractivity contribution < 1.29 is 9.53 Å². The van der Waals surface area contributed by atoms with Crippen LogP contribution in [0.1, 0.15) is 22.3 Å². The Bertz CT molecular complexity index is 609. The average molecular weight is 268 g/mol. The highest BCUT2D eigenvalue weighted by Crippen LogP contribution is 2.16. The Morgan fingerprint density at radius 1 is 1.10 bits per heavy atom. The normalized spacial score (nSPS) is 10.0. The lowest BCUT2D eigenvalue weighted by Crippen LogP contribution is -2.15. The Balaban J connectivity index is 2.02. The zero-order valence-corrected chi connectivity index (χ0v) is 11.0. The Labute approximate surface area is 117 Å². The molecule has 0 aliphatic heterocycles. The zero-order chi connectivity index (χ0) is 14.4. The van der Waals surface area contributed by atoms with Crippen molar-refractivity contribution in [2.75, 3.05) is 0 Å². The first kappa shape index (κ1) is 13.8. The molecule has 0 aliphatic rings. The molecule has 0 bridgehead atoms. The van der Waals surface area contributed by atoms with Gasteiger partial charge in [-0.1, -0.05) is 42.5 Å². The van der Waals surface area contributed by atoms with E-state index in [0.29, 0.717) is 17.9 Å². The summed E-state index contributed by atoms with van der Waals surface area (Å²) in [5.41, 5.74) is 6.80. The molecule has 0 aliphatic carbocycles. The minimum Gasteiger partial charge on any atom is -0.489 e. The van der Waals surface area contributed by atoms with E-state index < -0.39 is 0 Å². The third-order valence-electron chi connectivity index (χ3n) is 2.76. The fraction of sp³-hybridized carbons (Fsp3) is 0.125. The molecule has 0 radical (unpaired) electrons. The van der Waals surface area contributed by atoms with Gasteiger partial charge in [0, 0.05) is 5.56 Å². The number of benzene rings is 2. The van der Waals surface area contributed by atoms with Gasteiger partial charge >= 0.3 is 0 Å². The van der Waals surface area contributed by atoms with Gasteiger partial charge in [0.15, 0.2) is 5.78 Å². The summed E-state index contributed by atoms with van der Waals surface area (Å²) >= 11 is 0. The molecule has 0 amide bonds. The molecule has 2 aromatic carbocycles. The zero-order valence-electron chi connectivity index (χ0n) is 11.0. The van der Waals surface area contributed by atoms with Gasteiger partial charge in [0.05, 0.1) is 12.3 Å². The molecule has 3 N–H and O–H groups in total. The van der Waals surface area contributed by atoms with Crippen LogP contribution in [-0.2, 0) is 6.61 Å². The SMILES string of the molecule is N=C(N)CC(=O)c1cccc(OCc2ccccc2)c1. The average Bonchev–Trinajstić information content (AvgIpc) is 2.46. The molecule has 0 heterocycles. The van der Waals surface area contributed by atoms with Crippen molar-refractivity contribution in [3.8, 4) is 5.75 Å². The maximum Gasteiger partial charge on any atom is 0.170 e. The van der Waals surface area contributed by atoms with Crippen molar-refractivity contribution >= 4 is 11.6 Å². The van der Waals surface area contributed by atoms with Crippen LogP contribution in [0.4, 0.5) is 0 Å². The summed E-state index contributed by atoms with van der Waals surface area (Å²) in [7, 11) is 0. The molecule has 0 saturated carbocycles. The first-order chi connectivity index (χ1) is 9.65. The molecule has 0 unspecified atom stereocenters. The maximum absolute atomic E-state index is 11.8. The van der Waals surface area contributed by atoms with Gasteiger partial charge < -0.3 is 10.5 Å². The number of amidine groups is 1. The van der Waals surface area contributed by atoms with Crippen LogP contribution in [0.3, 0.4) is 0 Å². The first-order valence-electron chi connectivity index (χ1n) is 6.28. The van der Waals surface area contributed by atoms with E-state index in [1.807, 2.05) is 30.3 Å². The Kier molecular flexibility index (Phi) is 4.50. The monoisotopic (exact) mass is 268 g/mol.